The van der Waals surface area contributed by atoms with Crippen LogP contribution in [0.4, 0.5) is 0 Å². The molecule has 0 aromatic rings. The summed E-state index contributed by atoms with van der Waals surface area (Å²) in [7, 11) is 0. The van der Waals surface area contributed by atoms with Gasteiger partial charge in [-0.05, 0) is 17.8 Å². The van der Waals surface area contributed by atoms with Crippen LogP contribution in [0.25, 0.3) is 0 Å². The monoisotopic (exact) mass is 199 g/mol. The molecule has 80 valence electrons. The Morgan fingerprint density at radius 1 is 1.43 bits per heavy atom. The van der Waals surface area contributed by atoms with Crippen LogP contribution in [0.3, 0.4) is 0 Å². The van der Waals surface area contributed by atoms with Gasteiger partial charge in [-0.15, -0.1) is 0 Å². The molecule has 0 aliphatic heterocycles. The lowest BCUT2D eigenvalue weighted by Gasteiger charge is -2.05. The van der Waals surface area contributed by atoms with Crippen LogP contribution in [0.2, 0.25) is 0 Å². The van der Waals surface area contributed by atoms with Gasteiger partial charge in [-0.2, -0.15) is 0 Å². The van der Waals surface area contributed by atoms with Gasteiger partial charge in [0, 0.05) is 13.0 Å². The Kier molecular flexibility index (Phi) is 3.13. The van der Waals surface area contributed by atoms with Gasteiger partial charge < -0.3 is 10.4 Å². The van der Waals surface area contributed by atoms with Crippen LogP contribution in [0, 0.1) is 11.3 Å². The number of hydrogen-bond acceptors (Lipinski definition) is 2. The first-order valence-electron chi connectivity index (χ1n) is 4.90. The fourth-order valence-electron chi connectivity index (χ4n) is 1.47. The number of carboxylic acid groups (broad SMARTS) is 1. The maximum atomic E-state index is 11.1. The molecule has 1 aliphatic rings. The van der Waals surface area contributed by atoms with Crippen molar-refractivity contribution in [1.82, 2.24) is 5.32 Å². The molecule has 4 heteroatoms. The van der Waals surface area contributed by atoms with E-state index in [0.29, 0.717) is 17.9 Å². The predicted molar refractivity (Wildman–Crippen MR) is 51.8 cm³/mol. The zero-order valence-electron chi connectivity index (χ0n) is 8.67. The van der Waals surface area contributed by atoms with E-state index < -0.39 is 5.97 Å². The average Bonchev–Trinajstić information content (AvgIpc) is 2.67. The van der Waals surface area contributed by atoms with Gasteiger partial charge in [-0.25, -0.2) is 0 Å². The first-order chi connectivity index (χ1) is 6.42. The summed E-state index contributed by atoms with van der Waals surface area (Å²) in [5, 5.41) is 11.1. The normalized spacial score (nSPS) is 22.9. The molecule has 0 saturated heterocycles. The first kappa shape index (κ1) is 11.0. The molecule has 0 bridgehead atoms. The molecule has 1 fully saturated rings. The molecule has 0 spiro atoms. The largest absolute Gasteiger partial charge is 0.481 e. The topological polar surface area (TPSA) is 66.4 Å². The van der Waals surface area contributed by atoms with Crippen molar-refractivity contribution >= 4 is 11.9 Å². The van der Waals surface area contributed by atoms with Crippen molar-refractivity contribution < 1.29 is 14.7 Å². The average molecular weight is 199 g/mol. The van der Waals surface area contributed by atoms with E-state index in [1.54, 1.807) is 0 Å². The lowest BCUT2D eigenvalue weighted by Crippen LogP contribution is -2.26. The standard InChI is InChI=1S/C10H17NO3/c1-10(2)5-7(10)6-11-8(12)3-4-9(13)14/h7H,3-6H2,1-2H3,(H,11,12)(H,13,14). The molecule has 14 heavy (non-hydrogen) atoms. The fourth-order valence-corrected chi connectivity index (χ4v) is 1.47. The molecule has 0 aromatic carbocycles. The third-order valence-corrected chi connectivity index (χ3v) is 2.83. The Balaban J connectivity index is 2.07. The second kappa shape index (κ2) is 3.98. The Morgan fingerprint density at radius 3 is 2.43 bits per heavy atom. The molecule has 2 N–H and O–H groups in total. The number of aliphatic carboxylic acids is 1. The van der Waals surface area contributed by atoms with Crippen LogP contribution in [-0.4, -0.2) is 23.5 Å². The van der Waals surface area contributed by atoms with E-state index in [1.807, 2.05) is 0 Å². The summed E-state index contributed by atoms with van der Waals surface area (Å²) in [6, 6.07) is 0. The van der Waals surface area contributed by atoms with E-state index in [2.05, 4.69) is 19.2 Å². The Labute approximate surface area is 83.7 Å². The lowest BCUT2D eigenvalue weighted by molar-refractivity contribution is -0.138. The molecule has 1 aliphatic carbocycles. The number of hydrogen-bond donors (Lipinski definition) is 2. The van der Waals surface area contributed by atoms with Crippen molar-refractivity contribution in [2.75, 3.05) is 6.54 Å². The van der Waals surface area contributed by atoms with Crippen molar-refractivity contribution in [1.29, 1.82) is 0 Å². The highest BCUT2D eigenvalue weighted by molar-refractivity contribution is 5.80. The highest BCUT2D eigenvalue weighted by atomic mass is 16.4. The minimum atomic E-state index is -0.924. The Hall–Kier alpha value is -1.06. The molecule has 0 heterocycles. The van der Waals surface area contributed by atoms with E-state index in [1.165, 1.54) is 0 Å². The highest BCUT2D eigenvalue weighted by Crippen LogP contribution is 2.50. The molecule has 1 atom stereocenters. The number of carbonyl (C=O) groups excluding carboxylic acids is 1. The zero-order chi connectivity index (χ0) is 10.8. The van der Waals surface area contributed by atoms with Crippen LogP contribution < -0.4 is 5.32 Å². The van der Waals surface area contributed by atoms with E-state index in [-0.39, 0.29) is 18.7 Å². The minimum Gasteiger partial charge on any atom is -0.481 e. The van der Waals surface area contributed by atoms with Gasteiger partial charge in [0.25, 0.3) is 0 Å². The molecule has 4 nitrogen and oxygen atoms in total. The van der Waals surface area contributed by atoms with Crippen LogP contribution in [-0.2, 0) is 9.59 Å². The third-order valence-electron chi connectivity index (χ3n) is 2.83. The van der Waals surface area contributed by atoms with Gasteiger partial charge in [0.2, 0.25) is 5.91 Å². The summed E-state index contributed by atoms with van der Waals surface area (Å²) in [6.45, 7) is 5.02. The lowest BCUT2D eigenvalue weighted by atomic mass is 10.1. The van der Waals surface area contributed by atoms with Gasteiger partial charge in [0.15, 0.2) is 0 Å². The summed E-state index contributed by atoms with van der Waals surface area (Å²) >= 11 is 0. The number of amides is 1. The van der Waals surface area contributed by atoms with Crippen molar-refractivity contribution in [2.45, 2.75) is 33.1 Å². The molecule has 1 saturated carbocycles. The summed E-state index contributed by atoms with van der Waals surface area (Å²) in [5.41, 5.74) is 0.361. The summed E-state index contributed by atoms with van der Waals surface area (Å²) in [4.78, 5) is 21.3. The van der Waals surface area contributed by atoms with Crippen molar-refractivity contribution in [3.63, 3.8) is 0 Å². The number of rotatable bonds is 5. The van der Waals surface area contributed by atoms with E-state index in [9.17, 15) is 9.59 Å². The molecule has 1 rings (SSSR count). The van der Waals surface area contributed by atoms with Crippen molar-refractivity contribution in [3.05, 3.63) is 0 Å². The van der Waals surface area contributed by atoms with Crippen LogP contribution in [0.15, 0.2) is 0 Å². The minimum absolute atomic E-state index is 0.0834. The summed E-state index contributed by atoms with van der Waals surface area (Å²) in [6.07, 6.45) is 1.15. The summed E-state index contributed by atoms with van der Waals surface area (Å²) < 4.78 is 0. The third kappa shape index (κ3) is 3.36. The number of carboxylic acids is 1. The second-order valence-electron chi connectivity index (χ2n) is 4.59. The van der Waals surface area contributed by atoms with E-state index in [4.69, 9.17) is 5.11 Å². The molecular weight excluding hydrogens is 182 g/mol. The molecule has 0 aromatic heterocycles. The van der Waals surface area contributed by atoms with Crippen LogP contribution in [0.5, 0.6) is 0 Å². The van der Waals surface area contributed by atoms with Crippen LogP contribution >= 0.6 is 0 Å². The highest BCUT2D eigenvalue weighted by Gasteiger charge is 2.45. The smallest absolute Gasteiger partial charge is 0.303 e. The predicted octanol–water partition coefficient (Wildman–Crippen LogP) is 1.01. The summed E-state index contributed by atoms with van der Waals surface area (Å²) in [5.74, 6) is -0.515. The molecule has 1 unspecified atom stereocenters. The van der Waals surface area contributed by atoms with E-state index in [0.717, 1.165) is 6.42 Å². The van der Waals surface area contributed by atoms with Gasteiger partial charge >= 0.3 is 5.97 Å². The van der Waals surface area contributed by atoms with Gasteiger partial charge in [-0.1, -0.05) is 13.8 Å². The molecular formula is C10H17NO3. The Bertz CT molecular complexity index is 248. The maximum Gasteiger partial charge on any atom is 0.303 e. The molecule has 1 amide bonds. The zero-order valence-corrected chi connectivity index (χ0v) is 8.67. The van der Waals surface area contributed by atoms with Gasteiger partial charge in [-0.3, -0.25) is 9.59 Å². The maximum absolute atomic E-state index is 11.1. The fraction of sp³-hybridized carbons (Fsp3) is 0.800. The Morgan fingerprint density at radius 2 is 2.00 bits per heavy atom. The first-order valence-corrected chi connectivity index (χ1v) is 4.90. The van der Waals surface area contributed by atoms with E-state index >= 15 is 0 Å². The van der Waals surface area contributed by atoms with Crippen molar-refractivity contribution in [2.24, 2.45) is 11.3 Å². The van der Waals surface area contributed by atoms with Crippen molar-refractivity contribution in [3.8, 4) is 0 Å². The SMILES string of the molecule is CC1(C)CC1CNC(=O)CCC(=O)O. The van der Waals surface area contributed by atoms with Crippen LogP contribution in [0.1, 0.15) is 33.1 Å². The number of carbonyl (C=O) groups is 2. The molecule has 0 radical (unpaired) electrons. The quantitative estimate of drug-likeness (QED) is 0.694. The number of nitrogens with one attached hydrogen (secondary N) is 1. The van der Waals surface area contributed by atoms with Gasteiger partial charge in [0.1, 0.15) is 0 Å². The van der Waals surface area contributed by atoms with Gasteiger partial charge in [0.05, 0.1) is 6.42 Å². The second-order valence-corrected chi connectivity index (χ2v) is 4.59.